The number of hydrogen-bond donors (Lipinski definition) is 1. The summed E-state index contributed by atoms with van der Waals surface area (Å²) in [6.45, 7) is 5.94. The van der Waals surface area contributed by atoms with E-state index in [1.54, 1.807) is 37.3 Å². The molecule has 4 rings (SSSR count). The summed E-state index contributed by atoms with van der Waals surface area (Å²) in [5, 5.41) is 22.8. The largest absolute Gasteiger partial charge is 0.507 e. The fourth-order valence-electron chi connectivity index (χ4n) is 3.74. The molecule has 1 amide bonds. The Morgan fingerprint density at radius 1 is 1.21 bits per heavy atom. The number of benzene rings is 2. The number of nitro groups is 1. The van der Waals surface area contributed by atoms with Crippen molar-refractivity contribution in [3.05, 3.63) is 85.9 Å². The number of anilines is 1. The number of ketones is 1. The minimum Gasteiger partial charge on any atom is -0.507 e. The zero-order valence-electron chi connectivity index (χ0n) is 18.6. The van der Waals surface area contributed by atoms with Gasteiger partial charge in [0.05, 0.1) is 28.8 Å². The van der Waals surface area contributed by atoms with Gasteiger partial charge in [0, 0.05) is 22.6 Å². The van der Waals surface area contributed by atoms with Crippen molar-refractivity contribution < 1.29 is 24.4 Å². The second-order valence-corrected chi connectivity index (χ2v) is 8.80. The lowest BCUT2D eigenvalue weighted by Crippen LogP contribution is -2.29. The second kappa shape index (κ2) is 9.06. The topological polar surface area (TPSA) is 123 Å². The van der Waals surface area contributed by atoms with Gasteiger partial charge in [0.2, 0.25) is 0 Å². The van der Waals surface area contributed by atoms with Crippen molar-refractivity contribution in [2.24, 2.45) is 0 Å². The van der Waals surface area contributed by atoms with Crippen LogP contribution in [0.15, 0.2) is 54.1 Å². The average Bonchev–Trinajstić information content (AvgIpc) is 3.29. The highest BCUT2D eigenvalue weighted by Gasteiger charge is 2.48. The molecule has 1 N–H and O–H groups in total. The van der Waals surface area contributed by atoms with Crippen molar-refractivity contribution in [3.8, 4) is 5.75 Å². The molecule has 0 radical (unpaired) electrons. The van der Waals surface area contributed by atoms with Gasteiger partial charge in [0.1, 0.15) is 11.5 Å². The van der Waals surface area contributed by atoms with Gasteiger partial charge < -0.3 is 9.84 Å². The number of Topliss-reactive ketones (excluding diaryl/α,β-unsaturated/α-hetero) is 1. The van der Waals surface area contributed by atoms with Crippen molar-refractivity contribution >= 4 is 39.6 Å². The molecule has 3 aromatic rings. The molecule has 1 aromatic heterocycles. The number of amides is 1. The van der Waals surface area contributed by atoms with Crippen LogP contribution in [-0.2, 0) is 9.59 Å². The summed E-state index contributed by atoms with van der Waals surface area (Å²) in [5.41, 5.74) is 0.955. The van der Waals surface area contributed by atoms with Gasteiger partial charge in [-0.05, 0) is 50.6 Å². The molecule has 0 aliphatic carbocycles. The Kier molecular flexibility index (Phi) is 6.16. The predicted molar refractivity (Wildman–Crippen MR) is 127 cm³/mol. The Bertz CT molecular complexity index is 1310. The molecule has 2 heterocycles. The highest BCUT2D eigenvalue weighted by molar-refractivity contribution is 7.16. The number of ether oxygens (including phenoxy) is 1. The number of hydrogen-bond acceptors (Lipinski definition) is 8. The predicted octanol–water partition coefficient (Wildman–Crippen LogP) is 4.69. The highest BCUT2D eigenvalue weighted by Crippen LogP contribution is 2.44. The molecule has 1 aliphatic heterocycles. The van der Waals surface area contributed by atoms with Gasteiger partial charge in [-0.1, -0.05) is 12.1 Å². The minimum atomic E-state index is -1.09. The Balaban J connectivity index is 1.92. The third-order valence-corrected chi connectivity index (χ3v) is 6.58. The molecule has 1 atom stereocenters. The van der Waals surface area contributed by atoms with Gasteiger partial charge in [0.15, 0.2) is 5.13 Å². The fraction of sp³-hybridized carbons (Fsp3) is 0.208. The number of nitrogens with zero attached hydrogens (tertiary/aromatic N) is 3. The molecule has 1 fully saturated rings. The molecule has 0 bridgehead atoms. The van der Waals surface area contributed by atoms with Crippen LogP contribution in [0.4, 0.5) is 10.8 Å². The lowest BCUT2D eigenvalue weighted by molar-refractivity contribution is -0.384. The van der Waals surface area contributed by atoms with Crippen LogP contribution in [0.1, 0.15) is 34.7 Å². The lowest BCUT2D eigenvalue weighted by atomic mass is 9.95. The first-order chi connectivity index (χ1) is 16.2. The molecule has 0 spiro atoms. The molecule has 0 saturated carbocycles. The Morgan fingerprint density at radius 3 is 2.50 bits per heavy atom. The molecule has 10 heteroatoms. The Morgan fingerprint density at radius 2 is 1.91 bits per heavy atom. The average molecular weight is 480 g/mol. The van der Waals surface area contributed by atoms with Gasteiger partial charge in [-0.3, -0.25) is 24.6 Å². The summed E-state index contributed by atoms with van der Waals surface area (Å²) in [6, 6.07) is 11.0. The van der Waals surface area contributed by atoms with Crippen molar-refractivity contribution in [3.63, 3.8) is 0 Å². The van der Waals surface area contributed by atoms with E-state index in [0.717, 1.165) is 4.88 Å². The van der Waals surface area contributed by atoms with E-state index in [4.69, 9.17) is 4.74 Å². The molecule has 1 aliphatic rings. The number of nitro benzene ring substituents is 1. The van der Waals surface area contributed by atoms with Crippen LogP contribution in [0, 0.1) is 24.0 Å². The van der Waals surface area contributed by atoms with E-state index in [9.17, 15) is 24.8 Å². The first-order valence-electron chi connectivity index (χ1n) is 10.5. The minimum absolute atomic E-state index is 0.167. The quantitative estimate of drug-likeness (QED) is 0.179. The van der Waals surface area contributed by atoms with E-state index in [-0.39, 0.29) is 22.2 Å². The van der Waals surface area contributed by atoms with Crippen LogP contribution >= 0.6 is 11.3 Å². The molecule has 9 nitrogen and oxygen atoms in total. The summed E-state index contributed by atoms with van der Waals surface area (Å²) < 4.78 is 5.42. The molecule has 34 heavy (non-hydrogen) atoms. The van der Waals surface area contributed by atoms with Crippen LogP contribution in [0.25, 0.3) is 5.76 Å². The number of aliphatic hydroxyl groups excluding tert-OH is 1. The van der Waals surface area contributed by atoms with Crippen LogP contribution in [0.3, 0.4) is 0 Å². The number of carbonyl (C=O) groups excluding carboxylic acids is 2. The number of aryl methyl sites for hydroxylation is 2. The van der Waals surface area contributed by atoms with Gasteiger partial charge in [-0.15, -0.1) is 11.3 Å². The summed E-state index contributed by atoms with van der Waals surface area (Å²) >= 11 is 1.23. The maximum Gasteiger partial charge on any atom is 0.301 e. The number of rotatable bonds is 6. The Labute approximate surface area is 199 Å². The first kappa shape index (κ1) is 23.1. The third-order valence-electron chi connectivity index (χ3n) is 5.50. The summed E-state index contributed by atoms with van der Waals surface area (Å²) in [7, 11) is 0. The van der Waals surface area contributed by atoms with E-state index in [1.807, 2.05) is 13.8 Å². The molecule has 174 valence electrons. The Hall–Kier alpha value is -4.05. The normalized spacial score (nSPS) is 17.3. The maximum atomic E-state index is 13.2. The third kappa shape index (κ3) is 4.03. The number of aromatic nitrogens is 1. The maximum absolute atomic E-state index is 13.2. The number of carbonyl (C=O) groups is 2. The van der Waals surface area contributed by atoms with Crippen LogP contribution < -0.4 is 9.64 Å². The monoisotopic (exact) mass is 479 g/mol. The number of non-ortho nitro benzene ring substituents is 1. The number of thiazole rings is 1. The summed E-state index contributed by atoms with van der Waals surface area (Å²) in [6.07, 6.45) is 0. The van der Waals surface area contributed by atoms with Crippen LogP contribution in [-0.4, -0.2) is 33.3 Å². The summed E-state index contributed by atoms with van der Waals surface area (Å²) in [4.78, 5) is 43.7. The zero-order valence-corrected chi connectivity index (χ0v) is 19.5. The lowest BCUT2D eigenvalue weighted by Gasteiger charge is -2.22. The number of aliphatic hydroxyl groups is 1. The van der Waals surface area contributed by atoms with E-state index < -0.39 is 22.7 Å². The molecular weight excluding hydrogens is 458 g/mol. The highest BCUT2D eigenvalue weighted by atomic mass is 32.1. The van der Waals surface area contributed by atoms with Crippen LogP contribution in [0.5, 0.6) is 5.75 Å². The van der Waals surface area contributed by atoms with E-state index in [1.165, 1.54) is 34.4 Å². The fourth-order valence-corrected chi connectivity index (χ4v) is 4.68. The van der Waals surface area contributed by atoms with Gasteiger partial charge in [0.25, 0.3) is 11.5 Å². The van der Waals surface area contributed by atoms with Gasteiger partial charge >= 0.3 is 5.91 Å². The van der Waals surface area contributed by atoms with E-state index in [0.29, 0.717) is 29.2 Å². The standard InChI is InChI=1S/C24H21N3O6S/c1-4-33-18-10-8-15(9-11-18)21(28)19-20(16-6-5-7-17(12-16)27(31)32)26(23(30)22(19)29)24-25-13(2)14(3)34-24/h5-12,20,28H,4H2,1-3H3/b21-19+. The van der Waals surface area contributed by atoms with Crippen molar-refractivity contribution in [2.75, 3.05) is 11.5 Å². The molecular formula is C24H21N3O6S. The smallest absolute Gasteiger partial charge is 0.301 e. The second-order valence-electron chi connectivity index (χ2n) is 7.62. The van der Waals surface area contributed by atoms with Crippen molar-refractivity contribution in [1.82, 2.24) is 4.98 Å². The van der Waals surface area contributed by atoms with Crippen molar-refractivity contribution in [1.29, 1.82) is 0 Å². The van der Waals surface area contributed by atoms with Gasteiger partial charge in [-0.2, -0.15) is 0 Å². The van der Waals surface area contributed by atoms with Crippen LogP contribution in [0.2, 0.25) is 0 Å². The van der Waals surface area contributed by atoms with Crippen molar-refractivity contribution in [2.45, 2.75) is 26.8 Å². The molecule has 2 aromatic carbocycles. The first-order valence-corrected chi connectivity index (χ1v) is 11.3. The SMILES string of the molecule is CCOc1ccc(/C(O)=C2\C(=O)C(=O)N(c3nc(C)c(C)s3)C2c2cccc([N+](=O)[O-])c2)cc1. The molecule has 1 saturated heterocycles. The molecule has 1 unspecified atom stereocenters. The van der Waals surface area contributed by atoms with Gasteiger partial charge in [-0.25, -0.2) is 4.98 Å². The summed E-state index contributed by atoms with van der Waals surface area (Å²) in [5.74, 6) is -1.56. The van der Waals surface area contributed by atoms with E-state index >= 15 is 0 Å². The zero-order chi connectivity index (χ0) is 24.6. The van der Waals surface area contributed by atoms with E-state index in [2.05, 4.69) is 4.98 Å².